The quantitative estimate of drug-likeness (QED) is 0.171. The number of furan rings is 1. The highest BCUT2D eigenvalue weighted by Gasteiger charge is 2.53. The minimum Gasteiger partial charge on any atom is -0.455 e. The van der Waals surface area contributed by atoms with Crippen molar-refractivity contribution in [3.8, 4) is 44.5 Å². The summed E-state index contributed by atoms with van der Waals surface area (Å²) in [6.07, 6.45) is 8.88. The van der Waals surface area contributed by atoms with E-state index in [9.17, 15) is 0 Å². The summed E-state index contributed by atoms with van der Waals surface area (Å²) < 4.78 is 6.77. The topological polar surface area (TPSA) is 16.4 Å². The van der Waals surface area contributed by atoms with Crippen LogP contribution in [-0.4, -0.2) is 0 Å². The zero-order chi connectivity index (χ0) is 47.1. The predicted octanol–water partition coefficient (Wildman–Crippen LogP) is 17.9. The smallest absolute Gasteiger partial charge is 0.143 e. The summed E-state index contributed by atoms with van der Waals surface area (Å²) in [6, 6.07) is 84.4. The molecule has 2 nitrogen and oxygen atoms in total. The Labute approximate surface area is 419 Å². The van der Waals surface area contributed by atoms with E-state index < -0.39 is 5.41 Å². The molecule has 1 heterocycles. The summed E-state index contributed by atoms with van der Waals surface area (Å²) in [7, 11) is 0. The number of anilines is 3. The van der Waals surface area contributed by atoms with Crippen LogP contribution >= 0.6 is 0 Å². The van der Waals surface area contributed by atoms with E-state index in [0.717, 1.165) is 75.8 Å². The van der Waals surface area contributed by atoms with Crippen LogP contribution in [0.3, 0.4) is 0 Å². The monoisotopic (exact) mass is 917 g/mol. The Morgan fingerprint density at radius 3 is 1.81 bits per heavy atom. The molecule has 0 saturated heterocycles. The van der Waals surface area contributed by atoms with Gasteiger partial charge in [0.25, 0.3) is 0 Å². The molecule has 0 bridgehead atoms. The van der Waals surface area contributed by atoms with Crippen LogP contribution in [0.4, 0.5) is 17.1 Å². The Morgan fingerprint density at radius 2 is 0.986 bits per heavy atom. The summed E-state index contributed by atoms with van der Waals surface area (Å²) in [4.78, 5) is 2.50. The van der Waals surface area contributed by atoms with Crippen molar-refractivity contribution < 1.29 is 4.42 Å². The van der Waals surface area contributed by atoms with Gasteiger partial charge in [0.1, 0.15) is 11.2 Å². The molecule has 5 aliphatic carbocycles. The lowest BCUT2D eigenvalue weighted by Crippen LogP contribution is -2.28. The number of nitrogens with zero attached hydrogens (tertiary/aromatic N) is 1. The lowest BCUT2D eigenvalue weighted by Gasteiger charge is -2.34. The molecule has 338 valence electrons. The fourth-order valence-electron chi connectivity index (χ4n) is 14.3. The second-order valence-corrected chi connectivity index (χ2v) is 20.6. The largest absolute Gasteiger partial charge is 0.455 e. The first-order valence-corrected chi connectivity index (χ1v) is 25.6. The van der Waals surface area contributed by atoms with E-state index in [1.165, 1.54) is 89.0 Å². The highest BCUT2D eigenvalue weighted by molar-refractivity contribution is 6.11. The van der Waals surface area contributed by atoms with Gasteiger partial charge in [0.05, 0.1) is 11.1 Å². The molecule has 0 amide bonds. The van der Waals surface area contributed by atoms with Gasteiger partial charge >= 0.3 is 0 Å². The third-order valence-corrected chi connectivity index (χ3v) is 17.2. The van der Waals surface area contributed by atoms with Crippen molar-refractivity contribution in [2.24, 2.45) is 0 Å². The van der Waals surface area contributed by atoms with Crippen LogP contribution in [0.25, 0.3) is 72.0 Å². The fraction of sp³-hybridized carbons (Fsp3) is 0.0857. The van der Waals surface area contributed by atoms with Crippen molar-refractivity contribution in [1.82, 2.24) is 0 Å². The van der Waals surface area contributed by atoms with E-state index in [-0.39, 0.29) is 5.41 Å². The molecule has 1 atom stereocenters. The summed E-state index contributed by atoms with van der Waals surface area (Å²) >= 11 is 0. The van der Waals surface area contributed by atoms with Gasteiger partial charge in [0.2, 0.25) is 0 Å². The highest BCUT2D eigenvalue weighted by Crippen LogP contribution is 2.64. The average Bonchev–Trinajstić information content (AvgIpc) is 4.24. The van der Waals surface area contributed by atoms with Crippen LogP contribution in [0.5, 0.6) is 0 Å². The number of allylic oxidation sites excluding steroid dienone is 4. The first-order chi connectivity index (χ1) is 35.7. The van der Waals surface area contributed by atoms with E-state index in [4.69, 9.17) is 4.42 Å². The number of rotatable bonds is 5. The zero-order valence-corrected chi connectivity index (χ0v) is 39.7. The third-order valence-electron chi connectivity index (χ3n) is 17.2. The molecular weight excluding hydrogens is 871 g/mol. The van der Waals surface area contributed by atoms with Crippen LogP contribution in [0, 0.1) is 0 Å². The Bertz CT molecular complexity index is 4160. The van der Waals surface area contributed by atoms with Crippen LogP contribution in [0.2, 0.25) is 0 Å². The Kier molecular flexibility index (Phi) is 8.29. The van der Waals surface area contributed by atoms with Gasteiger partial charge in [-0.05, 0) is 157 Å². The SMILES string of the molecule is C1=CC2=C(CC1)C1(c3ccccc32)c2ccccc2-c2ccc(N(c3ccc(-c4ccc5c(c4)C4(Cc6ccccc6C4)c4ccccc4-5)cc3)c3ccccc3-c3cccc4c3oc3ccccc34)cc21. The fourth-order valence-corrected chi connectivity index (χ4v) is 14.3. The second-order valence-electron chi connectivity index (χ2n) is 20.6. The Hall–Kier alpha value is -8.72. The molecule has 0 radical (unpaired) electrons. The summed E-state index contributed by atoms with van der Waals surface area (Å²) in [5, 5.41) is 2.25. The minimum absolute atomic E-state index is 0.0656. The minimum atomic E-state index is -0.390. The predicted molar refractivity (Wildman–Crippen MR) is 296 cm³/mol. The molecule has 2 spiro atoms. The summed E-state index contributed by atoms with van der Waals surface area (Å²) in [5.41, 5.74) is 28.9. The van der Waals surface area contributed by atoms with Gasteiger partial charge in [0, 0.05) is 38.7 Å². The molecule has 11 aromatic rings. The molecule has 2 heteroatoms. The normalized spacial score (nSPS) is 17.0. The summed E-state index contributed by atoms with van der Waals surface area (Å²) in [6.45, 7) is 0. The van der Waals surface area contributed by atoms with Crippen molar-refractivity contribution >= 4 is 44.6 Å². The molecule has 10 aromatic carbocycles. The van der Waals surface area contributed by atoms with Gasteiger partial charge in [-0.15, -0.1) is 0 Å². The molecule has 0 fully saturated rings. The lowest BCUT2D eigenvalue weighted by molar-refractivity contribution is 0.564. The molecule has 16 rings (SSSR count). The van der Waals surface area contributed by atoms with E-state index in [1.807, 2.05) is 0 Å². The summed E-state index contributed by atoms with van der Waals surface area (Å²) in [5.74, 6) is 0. The van der Waals surface area contributed by atoms with Crippen molar-refractivity contribution in [1.29, 1.82) is 0 Å². The third kappa shape index (κ3) is 5.34. The molecule has 1 unspecified atom stereocenters. The molecule has 1 aromatic heterocycles. The molecule has 5 aliphatic rings. The van der Waals surface area contributed by atoms with Crippen LogP contribution in [0.1, 0.15) is 57.3 Å². The maximum Gasteiger partial charge on any atom is 0.143 e. The molecule has 0 N–H and O–H groups in total. The lowest BCUT2D eigenvalue weighted by atomic mass is 9.68. The first kappa shape index (κ1) is 40.1. The van der Waals surface area contributed by atoms with Crippen molar-refractivity contribution in [3.63, 3.8) is 0 Å². The van der Waals surface area contributed by atoms with E-state index in [1.54, 1.807) is 0 Å². The molecule has 0 aliphatic heterocycles. The second kappa shape index (κ2) is 14.9. The highest BCUT2D eigenvalue weighted by atomic mass is 16.3. The van der Waals surface area contributed by atoms with Gasteiger partial charge in [-0.3, -0.25) is 0 Å². The van der Waals surface area contributed by atoms with Gasteiger partial charge < -0.3 is 9.32 Å². The van der Waals surface area contributed by atoms with Crippen molar-refractivity contribution in [2.75, 3.05) is 4.90 Å². The van der Waals surface area contributed by atoms with E-state index in [0.29, 0.717) is 0 Å². The van der Waals surface area contributed by atoms with Gasteiger partial charge in [-0.1, -0.05) is 194 Å². The van der Waals surface area contributed by atoms with Gasteiger partial charge in [-0.25, -0.2) is 0 Å². The van der Waals surface area contributed by atoms with E-state index >= 15 is 0 Å². The molecular formula is C70H47NO. The maximum atomic E-state index is 6.77. The Balaban J connectivity index is 0.888. The number of fused-ring (bicyclic) bond motifs is 18. The standard InChI is InChI=1S/C70H47NO/c1-2-17-47-43-69(42-46(47)16-1)60-26-9-3-18-50(60)54-38-34-45(40-64(54)69)44-32-35-48(36-33-44)71(66-30-13-7-22-56(66)58-24-15-25-59-57-23-8-14-31-67(57)72-68(58)59)49-37-39-55-53-21-6-12-29-63(53)70(65(55)41-49)61-27-10-4-19-51(61)52-20-5-11-28-62(52)70/h1-10,12-27,29-41H,11,28,42-43H2. The van der Waals surface area contributed by atoms with Gasteiger partial charge in [-0.2, -0.15) is 0 Å². The van der Waals surface area contributed by atoms with Crippen LogP contribution in [-0.2, 0) is 23.7 Å². The van der Waals surface area contributed by atoms with E-state index in [2.05, 4.69) is 242 Å². The Morgan fingerprint density at radius 1 is 0.403 bits per heavy atom. The first-order valence-electron chi connectivity index (χ1n) is 25.6. The maximum absolute atomic E-state index is 6.77. The zero-order valence-electron chi connectivity index (χ0n) is 39.7. The van der Waals surface area contributed by atoms with Gasteiger partial charge in [0.15, 0.2) is 0 Å². The average molecular weight is 918 g/mol. The molecule has 72 heavy (non-hydrogen) atoms. The van der Waals surface area contributed by atoms with Crippen LogP contribution in [0.15, 0.2) is 247 Å². The number of para-hydroxylation sites is 3. The van der Waals surface area contributed by atoms with Crippen LogP contribution < -0.4 is 4.90 Å². The number of hydrogen-bond donors (Lipinski definition) is 0. The number of hydrogen-bond acceptors (Lipinski definition) is 2. The molecule has 0 saturated carbocycles. The number of benzene rings is 10. The van der Waals surface area contributed by atoms with Crippen molar-refractivity contribution in [2.45, 2.75) is 36.5 Å². The van der Waals surface area contributed by atoms with Crippen molar-refractivity contribution in [3.05, 3.63) is 287 Å².